The number of nitrogens with zero attached hydrogens (tertiary/aromatic N) is 5. The summed E-state index contributed by atoms with van der Waals surface area (Å²) in [5.41, 5.74) is 24.3. The first-order valence-corrected chi connectivity index (χ1v) is 27.4. The van der Waals surface area contributed by atoms with Gasteiger partial charge in [-0.3, -0.25) is 0 Å². The van der Waals surface area contributed by atoms with Crippen LogP contribution in [0.25, 0.3) is 133 Å². The van der Waals surface area contributed by atoms with E-state index in [0.717, 1.165) is 27.7 Å². The van der Waals surface area contributed by atoms with Crippen LogP contribution >= 0.6 is 0 Å². The van der Waals surface area contributed by atoms with Crippen molar-refractivity contribution >= 4 is 82.3 Å². The molecule has 0 unspecified atom stereocenters. The molecule has 0 N–H and O–H groups in total. The van der Waals surface area contributed by atoms with Crippen LogP contribution in [0.3, 0.4) is 0 Å². The molecule has 0 saturated carbocycles. The SMILES string of the molecule is C=C/C=C\C1=Cc2ccc(-n3c4ccc(-c5ccc6c(c5)c5ccccc5n6-c5ccc6c(c5)C(C)(C)c5ccccc5-6)cc4c4cc(-c5ccc6c(c5)c5ccccc5n6-c5ccc6cnncc6c5)ccc43)cc2C1(C)C. The molecule has 0 amide bonds. The Labute approximate surface area is 458 Å². The molecule has 2 aliphatic rings. The number of para-hydroxylation sites is 2. The largest absolute Gasteiger partial charge is 0.309 e. The molecule has 0 saturated heterocycles. The van der Waals surface area contributed by atoms with Crippen molar-refractivity contribution in [3.8, 4) is 50.4 Å². The average molecular weight is 1010 g/mol. The van der Waals surface area contributed by atoms with Crippen molar-refractivity contribution in [3.05, 3.63) is 265 Å². The highest BCUT2D eigenvalue weighted by molar-refractivity contribution is 6.15. The number of benzene rings is 10. The van der Waals surface area contributed by atoms with Crippen LogP contribution in [-0.2, 0) is 10.8 Å². The van der Waals surface area contributed by atoms with E-state index in [9.17, 15) is 0 Å². The fraction of sp³-hybridized carbons (Fsp3) is 0.0811. The Kier molecular flexibility index (Phi) is 9.52. The van der Waals surface area contributed by atoms with Crippen LogP contribution in [0.1, 0.15) is 49.9 Å². The van der Waals surface area contributed by atoms with Crippen LogP contribution in [0.5, 0.6) is 0 Å². The Morgan fingerprint density at radius 1 is 0.380 bits per heavy atom. The maximum Gasteiger partial charge on any atom is 0.0575 e. The maximum atomic E-state index is 4.19. The summed E-state index contributed by atoms with van der Waals surface area (Å²) in [6.07, 6.45) is 12.1. The van der Waals surface area contributed by atoms with E-state index in [1.54, 1.807) is 0 Å². The number of hydrogen-bond acceptors (Lipinski definition) is 2. The first kappa shape index (κ1) is 45.4. The lowest BCUT2D eigenvalue weighted by atomic mass is 9.81. The number of fused-ring (bicyclic) bond motifs is 14. The maximum absolute atomic E-state index is 4.19. The number of rotatable bonds is 7. The van der Waals surface area contributed by atoms with Crippen molar-refractivity contribution in [2.75, 3.05) is 0 Å². The van der Waals surface area contributed by atoms with Crippen molar-refractivity contribution in [1.29, 1.82) is 0 Å². The summed E-state index contributed by atoms with van der Waals surface area (Å²) >= 11 is 0. The van der Waals surface area contributed by atoms with E-state index in [4.69, 9.17) is 0 Å². The Hall–Kier alpha value is -9.84. The Morgan fingerprint density at radius 2 is 0.835 bits per heavy atom. The molecular formula is C74H53N5. The van der Waals surface area contributed by atoms with Gasteiger partial charge in [-0.05, 0) is 158 Å². The van der Waals surface area contributed by atoms with Crippen LogP contribution in [0.4, 0.5) is 0 Å². The topological polar surface area (TPSA) is 40.6 Å². The normalized spacial score (nSPS) is 14.4. The van der Waals surface area contributed by atoms with Crippen molar-refractivity contribution in [1.82, 2.24) is 23.9 Å². The Morgan fingerprint density at radius 3 is 1.42 bits per heavy atom. The van der Waals surface area contributed by atoms with Gasteiger partial charge < -0.3 is 13.7 Å². The zero-order valence-corrected chi connectivity index (χ0v) is 44.5. The lowest BCUT2D eigenvalue weighted by Crippen LogP contribution is -2.16. The molecule has 0 aliphatic heterocycles. The van der Waals surface area contributed by atoms with Gasteiger partial charge >= 0.3 is 0 Å². The lowest BCUT2D eigenvalue weighted by Gasteiger charge is -2.24. The van der Waals surface area contributed by atoms with Crippen LogP contribution in [0.2, 0.25) is 0 Å². The predicted molar refractivity (Wildman–Crippen MR) is 331 cm³/mol. The van der Waals surface area contributed by atoms with Crippen molar-refractivity contribution in [3.63, 3.8) is 0 Å². The highest BCUT2D eigenvalue weighted by Crippen LogP contribution is 2.50. The zero-order valence-electron chi connectivity index (χ0n) is 44.5. The van der Waals surface area contributed by atoms with Gasteiger partial charge in [-0.1, -0.05) is 162 Å². The van der Waals surface area contributed by atoms with Crippen molar-refractivity contribution < 1.29 is 0 Å². The van der Waals surface area contributed by atoms with Crippen LogP contribution in [-0.4, -0.2) is 23.9 Å². The molecule has 10 aromatic carbocycles. The van der Waals surface area contributed by atoms with Crippen molar-refractivity contribution in [2.45, 2.75) is 38.5 Å². The number of allylic oxidation sites excluding steroid dienone is 4. The summed E-state index contributed by atoms with van der Waals surface area (Å²) in [4.78, 5) is 0. The fourth-order valence-electron chi connectivity index (χ4n) is 13.8. The minimum absolute atomic E-state index is 0.0950. The average Bonchev–Trinajstić information content (AvgIpc) is 4.38. The van der Waals surface area contributed by atoms with E-state index >= 15 is 0 Å². The second-order valence-corrected chi connectivity index (χ2v) is 22.8. The summed E-state index contributed by atoms with van der Waals surface area (Å²) < 4.78 is 7.32. The summed E-state index contributed by atoms with van der Waals surface area (Å²) in [5, 5.41) is 17.8. The summed E-state index contributed by atoms with van der Waals surface area (Å²) in [6, 6.07) is 75.4. The van der Waals surface area contributed by atoms with Gasteiger partial charge in [0.15, 0.2) is 0 Å². The molecule has 0 spiro atoms. The third-order valence-electron chi connectivity index (χ3n) is 17.8. The molecule has 0 radical (unpaired) electrons. The van der Waals surface area contributed by atoms with E-state index in [0.29, 0.717) is 0 Å². The molecule has 5 heteroatoms. The van der Waals surface area contributed by atoms with Crippen LogP contribution in [0, 0.1) is 0 Å². The molecule has 4 heterocycles. The zero-order chi connectivity index (χ0) is 52.9. The van der Waals surface area contributed by atoms with Gasteiger partial charge in [0, 0.05) is 71.0 Å². The molecule has 5 nitrogen and oxygen atoms in total. The molecule has 2 aliphatic carbocycles. The fourth-order valence-corrected chi connectivity index (χ4v) is 13.8. The first-order chi connectivity index (χ1) is 38.6. The second-order valence-electron chi connectivity index (χ2n) is 22.8. The molecule has 0 fully saturated rings. The van der Waals surface area contributed by atoms with Crippen molar-refractivity contribution in [2.24, 2.45) is 0 Å². The molecule has 16 rings (SSSR count). The monoisotopic (exact) mass is 1010 g/mol. The van der Waals surface area contributed by atoms with E-state index in [1.165, 1.54) is 127 Å². The molecule has 14 aromatic rings. The van der Waals surface area contributed by atoms with Gasteiger partial charge in [-0.25, -0.2) is 0 Å². The van der Waals surface area contributed by atoms with E-state index < -0.39 is 0 Å². The van der Waals surface area contributed by atoms with E-state index in [2.05, 4.69) is 271 Å². The van der Waals surface area contributed by atoms with Gasteiger partial charge in [-0.2, -0.15) is 10.2 Å². The second kappa shape index (κ2) is 16.6. The highest BCUT2D eigenvalue weighted by atomic mass is 15.1. The van der Waals surface area contributed by atoms with Gasteiger partial charge in [-0.15, -0.1) is 0 Å². The smallest absolute Gasteiger partial charge is 0.0575 e. The van der Waals surface area contributed by atoms with E-state index in [-0.39, 0.29) is 10.8 Å². The molecule has 374 valence electrons. The third kappa shape index (κ3) is 6.57. The lowest BCUT2D eigenvalue weighted by molar-refractivity contribution is 0.654. The molecule has 4 aromatic heterocycles. The highest BCUT2D eigenvalue weighted by Gasteiger charge is 2.36. The predicted octanol–water partition coefficient (Wildman–Crippen LogP) is 19.0. The summed E-state index contributed by atoms with van der Waals surface area (Å²) in [6.45, 7) is 13.3. The molecule has 0 bridgehead atoms. The molecule has 79 heavy (non-hydrogen) atoms. The Balaban J connectivity index is 0.862. The minimum atomic E-state index is -0.167. The molecular weight excluding hydrogens is 959 g/mol. The van der Waals surface area contributed by atoms with Gasteiger partial charge in [0.2, 0.25) is 0 Å². The Bertz CT molecular complexity index is 5050. The van der Waals surface area contributed by atoms with Crippen LogP contribution < -0.4 is 0 Å². The molecule has 0 atom stereocenters. The van der Waals surface area contributed by atoms with Gasteiger partial charge in [0.25, 0.3) is 0 Å². The first-order valence-electron chi connectivity index (χ1n) is 27.4. The van der Waals surface area contributed by atoms with Gasteiger partial charge in [0.1, 0.15) is 0 Å². The number of aromatic nitrogens is 5. The van der Waals surface area contributed by atoms with Crippen LogP contribution in [0.15, 0.2) is 243 Å². The quantitative estimate of drug-likeness (QED) is 0.149. The number of hydrogen-bond donors (Lipinski definition) is 0. The minimum Gasteiger partial charge on any atom is -0.309 e. The third-order valence-corrected chi connectivity index (χ3v) is 17.8. The van der Waals surface area contributed by atoms with E-state index in [1.807, 2.05) is 24.5 Å². The summed E-state index contributed by atoms with van der Waals surface area (Å²) in [7, 11) is 0. The standard InChI is InChI=1S/C74H53N5/c1-6-7-14-52-35-49-21-27-54(41-65(49)73(52,2)3)79-71-33-25-47(45-23-31-69-60(37-45)58-16-9-12-19-67(58)77(69)53-28-22-50-43-75-76-44-51(50)36-53)39-62(71)63-40-48(26-34-72(63)79)46-24-32-70-61(38-46)59-17-10-13-20-68(59)78(70)55-29-30-57-56-15-8-11-18-64(56)74(4,5)66(57)42-55/h6-44H,1H2,2-5H3/b14-7-. The summed E-state index contributed by atoms with van der Waals surface area (Å²) in [5.74, 6) is 0. The van der Waals surface area contributed by atoms with Gasteiger partial charge in [0.05, 0.1) is 45.5 Å².